The molecule has 0 fully saturated rings. The van der Waals surface area contributed by atoms with Crippen LogP contribution >= 0.6 is 0 Å². The van der Waals surface area contributed by atoms with E-state index in [4.69, 9.17) is 9.40 Å². The number of rotatable bonds is 4. The summed E-state index contributed by atoms with van der Waals surface area (Å²) in [5.74, 6) is 1.55. The summed E-state index contributed by atoms with van der Waals surface area (Å²) in [5, 5.41) is 0. The molecular formula is C19H21N2O+. The molecule has 0 radical (unpaired) electrons. The van der Waals surface area contributed by atoms with E-state index in [0.717, 1.165) is 33.6 Å². The molecule has 3 heteroatoms. The lowest BCUT2D eigenvalue weighted by Gasteiger charge is -2.22. The Morgan fingerprint density at radius 1 is 0.818 bits per heavy atom. The molecule has 0 N–H and O–H groups in total. The summed E-state index contributed by atoms with van der Waals surface area (Å²) in [4.78, 5) is 4.76. The smallest absolute Gasteiger partial charge is 0.227 e. The molecule has 0 amide bonds. The number of aromatic nitrogens is 1. The molecule has 1 heterocycles. The van der Waals surface area contributed by atoms with Crippen molar-refractivity contribution in [3.63, 3.8) is 0 Å². The van der Waals surface area contributed by atoms with Gasteiger partial charge < -0.3 is 8.90 Å². The van der Waals surface area contributed by atoms with Gasteiger partial charge in [-0.2, -0.15) is 0 Å². The highest BCUT2D eigenvalue weighted by molar-refractivity contribution is 5.64. The molecule has 22 heavy (non-hydrogen) atoms. The summed E-state index contributed by atoms with van der Waals surface area (Å²) in [6, 6.07) is 20.2. The zero-order valence-corrected chi connectivity index (χ0v) is 13.3. The van der Waals surface area contributed by atoms with E-state index >= 15 is 0 Å². The molecule has 0 saturated carbocycles. The molecule has 0 aliphatic rings. The molecule has 0 saturated heterocycles. The summed E-state index contributed by atoms with van der Waals surface area (Å²) in [6.45, 7) is 0.820. The monoisotopic (exact) mass is 293 g/mol. The Morgan fingerprint density at radius 3 is 1.91 bits per heavy atom. The van der Waals surface area contributed by atoms with Crippen LogP contribution in [0.3, 0.4) is 0 Å². The van der Waals surface area contributed by atoms with Crippen molar-refractivity contribution in [3.8, 4) is 22.8 Å². The first kappa shape index (κ1) is 14.5. The zero-order chi connectivity index (χ0) is 15.6. The molecule has 3 aromatic rings. The van der Waals surface area contributed by atoms with E-state index in [1.165, 1.54) is 0 Å². The third kappa shape index (κ3) is 3.26. The van der Waals surface area contributed by atoms with Crippen molar-refractivity contribution in [2.75, 3.05) is 21.1 Å². The van der Waals surface area contributed by atoms with E-state index in [9.17, 15) is 0 Å². The van der Waals surface area contributed by atoms with Gasteiger partial charge in [-0.05, 0) is 12.1 Å². The van der Waals surface area contributed by atoms with Gasteiger partial charge in [-0.1, -0.05) is 48.5 Å². The molecule has 0 atom stereocenters. The highest BCUT2D eigenvalue weighted by Crippen LogP contribution is 2.30. The number of oxazole rings is 1. The Morgan fingerprint density at radius 2 is 1.36 bits per heavy atom. The molecular weight excluding hydrogens is 272 g/mol. The summed E-state index contributed by atoms with van der Waals surface area (Å²) in [7, 11) is 6.48. The Hall–Kier alpha value is -2.39. The molecule has 2 aromatic carbocycles. The summed E-state index contributed by atoms with van der Waals surface area (Å²) < 4.78 is 6.92. The lowest BCUT2D eigenvalue weighted by Crippen LogP contribution is -2.33. The molecule has 1 aromatic heterocycles. The third-order valence-corrected chi connectivity index (χ3v) is 3.38. The lowest BCUT2D eigenvalue weighted by atomic mass is 10.1. The normalized spacial score (nSPS) is 11.6. The van der Waals surface area contributed by atoms with Crippen molar-refractivity contribution in [1.82, 2.24) is 4.98 Å². The second-order valence-electron chi connectivity index (χ2n) is 6.48. The first-order valence-electron chi connectivity index (χ1n) is 7.44. The van der Waals surface area contributed by atoms with Gasteiger partial charge in [-0.25, -0.2) is 4.98 Å². The van der Waals surface area contributed by atoms with Crippen LogP contribution in [0.5, 0.6) is 0 Å². The van der Waals surface area contributed by atoms with E-state index in [1.807, 2.05) is 48.5 Å². The Balaban J connectivity index is 2.09. The highest BCUT2D eigenvalue weighted by atomic mass is 16.4. The van der Waals surface area contributed by atoms with Crippen LogP contribution in [0.4, 0.5) is 0 Å². The van der Waals surface area contributed by atoms with Crippen molar-refractivity contribution in [2.45, 2.75) is 6.54 Å². The fourth-order valence-corrected chi connectivity index (χ4v) is 2.43. The molecule has 0 unspecified atom stereocenters. The van der Waals surface area contributed by atoms with Crippen LogP contribution in [0.1, 0.15) is 5.69 Å². The van der Waals surface area contributed by atoms with E-state index in [2.05, 4.69) is 33.3 Å². The van der Waals surface area contributed by atoms with Gasteiger partial charge in [0.2, 0.25) is 5.89 Å². The van der Waals surface area contributed by atoms with Gasteiger partial charge in [0, 0.05) is 11.1 Å². The van der Waals surface area contributed by atoms with Gasteiger partial charge in [0.05, 0.1) is 21.1 Å². The van der Waals surface area contributed by atoms with E-state index in [1.54, 1.807) is 0 Å². The summed E-state index contributed by atoms with van der Waals surface area (Å²) in [5.41, 5.74) is 3.07. The second kappa shape index (κ2) is 5.78. The van der Waals surface area contributed by atoms with Gasteiger partial charge in [-0.15, -0.1) is 0 Å². The minimum absolute atomic E-state index is 0.683. The SMILES string of the molecule is C[N+](C)(C)Cc1nc(-c2ccccc2)oc1-c1ccccc1. The molecule has 0 aliphatic heterocycles. The number of quaternary nitrogens is 1. The van der Waals surface area contributed by atoms with Gasteiger partial charge >= 0.3 is 0 Å². The van der Waals surface area contributed by atoms with Crippen molar-refractivity contribution in [2.24, 2.45) is 0 Å². The van der Waals surface area contributed by atoms with Gasteiger partial charge in [0.15, 0.2) is 5.76 Å². The maximum absolute atomic E-state index is 6.11. The standard InChI is InChI=1S/C19H21N2O/c1-21(2,3)14-17-18(15-10-6-4-7-11-15)22-19(20-17)16-12-8-5-9-13-16/h4-13H,14H2,1-3H3/q+1. The number of benzene rings is 2. The predicted octanol–water partition coefficient (Wildman–Crippen LogP) is 4.21. The van der Waals surface area contributed by atoms with Gasteiger partial charge in [0.25, 0.3) is 0 Å². The van der Waals surface area contributed by atoms with Crippen LogP contribution in [0, 0.1) is 0 Å². The topological polar surface area (TPSA) is 26.0 Å². The Bertz CT molecular complexity index is 740. The van der Waals surface area contributed by atoms with Crippen LogP contribution in [-0.2, 0) is 6.54 Å². The molecule has 0 bridgehead atoms. The highest BCUT2D eigenvalue weighted by Gasteiger charge is 2.21. The van der Waals surface area contributed by atoms with Crippen molar-refractivity contribution < 1.29 is 8.90 Å². The van der Waals surface area contributed by atoms with Crippen LogP contribution in [-0.4, -0.2) is 30.6 Å². The summed E-state index contributed by atoms with van der Waals surface area (Å²) in [6.07, 6.45) is 0. The van der Waals surface area contributed by atoms with Crippen LogP contribution in [0.15, 0.2) is 65.1 Å². The number of nitrogens with zero attached hydrogens (tertiary/aromatic N) is 2. The first-order chi connectivity index (χ1) is 10.5. The minimum Gasteiger partial charge on any atom is -0.436 e. The fraction of sp³-hybridized carbons (Fsp3) is 0.211. The van der Waals surface area contributed by atoms with Crippen LogP contribution < -0.4 is 0 Å². The molecule has 0 aliphatic carbocycles. The van der Waals surface area contributed by atoms with Crippen LogP contribution in [0.25, 0.3) is 22.8 Å². The quantitative estimate of drug-likeness (QED) is 0.673. The molecule has 112 valence electrons. The number of hydrogen-bond donors (Lipinski definition) is 0. The van der Waals surface area contributed by atoms with Gasteiger partial charge in [-0.3, -0.25) is 0 Å². The van der Waals surface area contributed by atoms with E-state index in [-0.39, 0.29) is 0 Å². The molecule has 0 spiro atoms. The third-order valence-electron chi connectivity index (χ3n) is 3.38. The molecule has 3 rings (SSSR count). The average molecular weight is 293 g/mol. The maximum Gasteiger partial charge on any atom is 0.227 e. The van der Waals surface area contributed by atoms with Gasteiger partial charge in [0.1, 0.15) is 12.2 Å². The number of hydrogen-bond acceptors (Lipinski definition) is 2. The van der Waals surface area contributed by atoms with Crippen molar-refractivity contribution in [1.29, 1.82) is 0 Å². The first-order valence-corrected chi connectivity index (χ1v) is 7.44. The second-order valence-corrected chi connectivity index (χ2v) is 6.48. The summed E-state index contributed by atoms with van der Waals surface area (Å²) >= 11 is 0. The Labute approximate surface area is 131 Å². The molecule has 3 nitrogen and oxygen atoms in total. The predicted molar refractivity (Wildman–Crippen MR) is 89.1 cm³/mol. The fourth-order valence-electron chi connectivity index (χ4n) is 2.43. The zero-order valence-electron chi connectivity index (χ0n) is 13.3. The van der Waals surface area contributed by atoms with E-state index in [0.29, 0.717) is 5.89 Å². The Kier molecular flexibility index (Phi) is 3.82. The van der Waals surface area contributed by atoms with Crippen molar-refractivity contribution >= 4 is 0 Å². The average Bonchev–Trinajstić information content (AvgIpc) is 2.91. The maximum atomic E-state index is 6.11. The van der Waals surface area contributed by atoms with E-state index < -0.39 is 0 Å². The largest absolute Gasteiger partial charge is 0.436 e. The van der Waals surface area contributed by atoms with Crippen LogP contribution in [0.2, 0.25) is 0 Å². The minimum atomic E-state index is 0.683. The lowest BCUT2D eigenvalue weighted by molar-refractivity contribution is -0.884. The van der Waals surface area contributed by atoms with Crippen molar-refractivity contribution in [3.05, 3.63) is 66.4 Å².